The molecule has 1 aliphatic carbocycles. The van der Waals surface area contributed by atoms with E-state index in [1.54, 1.807) is 14.2 Å². The highest BCUT2D eigenvalue weighted by atomic mass is 32.1. The Morgan fingerprint density at radius 3 is 2.58 bits per heavy atom. The van der Waals surface area contributed by atoms with Crippen molar-refractivity contribution in [3.05, 3.63) is 23.8 Å². The lowest BCUT2D eigenvalue weighted by atomic mass is 9.86. The third-order valence-electron chi connectivity index (χ3n) is 4.95. The highest BCUT2D eigenvalue weighted by molar-refractivity contribution is 7.80. The first-order valence-corrected chi connectivity index (χ1v) is 9.18. The fourth-order valence-corrected chi connectivity index (χ4v) is 3.48. The van der Waals surface area contributed by atoms with Gasteiger partial charge in [0.1, 0.15) is 0 Å². The smallest absolute Gasteiger partial charge is 0.168 e. The average Bonchev–Trinajstić information content (AvgIpc) is 2.61. The maximum absolute atomic E-state index is 5.58. The molecule has 1 N–H and O–H groups in total. The van der Waals surface area contributed by atoms with E-state index in [9.17, 15) is 0 Å². The molecule has 0 aliphatic heterocycles. The van der Waals surface area contributed by atoms with Crippen LogP contribution in [0.1, 0.15) is 38.2 Å². The molecule has 1 saturated carbocycles. The predicted molar refractivity (Wildman–Crippen MR) is 103 cm³/mol. The summed E-state index contributed by atoms with van der Waals surface area (Å²) in [6.07, 6.45) is 6.10. The summed E-state index contributed by atoms with van der Waals surface area (Å²) < 4.78 is 10.7. The van der Waals surface area contributed by atoms with Gasteiger partial charge < -0.3 is 19.7 Å². The largest absolute Gasteiger partial charge is 0.493 e. The molecule has 4 nitrogen and oxygen atoms in total. The highest BCUT2D eigenvalue weighted by Gasteiger charge is 2.22. The molecule has 0 amide bonds. The number of likely N-dealkylation sites (N-methyl/N-ethyl adjacent to an activating group) is 1. The minimum atomic E-state index is 0.523. The monoisotopic (exact) mass is 350 g/mol. The molecule has 0 saturated heterocycles. The molecule has 1 aromatic carbocycles. The van der Waals surface area contributed by atoms with E-state index in [1.807, 2.05) is 12.1 Å². The van der Waals surface area contributed by atoms with Gasteiger partial charge in [-0.05, 0) is 55.1 Å². The average molecular weight is 351 g/mol. The van der Waals surface area contributed by atoms with Crippen molar-refractivity contribution in [3.63, 3.8) is 0 Å². The number of benzene rings is 1. The van der Waals surface area contributed by atoms with Gasteiger partial charge in [-0.1, -0.05) is 25.8 Å². The van der Waals surface area contributed by atoms with Crippen LogP contribution in [0, 0.1) is 5.92 Å². The number of ether oxygens (including phenoxy) is 2. The Kier molecular flexibility index (Phi) is 7.16. The van der Waals surface area contributed by atoms with Crippen molar-refractivity contribution in [2.45, 2.75) is 45.1 Å². The number of hydrogen-bond acceptors (Lipinski definition) is 3. The summed E-state index contributed by atoms with van der Waals surface area (Å²) in [6, 6.07) is 6.59. The van der Waals surface area contributed by atoms with Gasteiger partial charge in [0.2, 0.25) is 0 Å². The van der Waals surface area contributed by atoms with Crippen molar-refractivity contribution in [3.8, 4) is 11.5 Å². The van der Waals surface area contributed by atoms with E-state index < -0.39 is 0 Å². The number of thiocarbonyl (C=S) groups is 1. The molecule has 1 aromatic rings. The molecule has 0 radical (unpaired) electrons. The van der Waals surface area contributed by atoms with Gasteiger partial charge in [0.25, 0.3) is 0 Å². The normalized spacial score (nSPS) is 20.3. The number of nitrogens with zero attached hydrogens (tertiary/aromatic N) is 1. The summed E-state index contributed by atoms with van der Waals surface area (Å²) in [4.78, 5) is 2.13. The van der Waals surface area contributed by atoms with Crippen molar-refractivity contribution < 1.29 is 9.47 Å². The minimum Gasteiger partial charge on any atom is -0.493 e. The third kappa shape index (κ3) is 5.00. The van der Waals surface area contributed by atoms with Gasteiger partial charge in [-0.25, -0.2) is 0 Å². The van der Waals surface area contributed by atoms with Crippen LogP contribution in [0.4, 0.5) is 0 Å². The summed E-state index contributed by atoms with van der Waals surface area (Å²) in [5.41, 5.74) is 1.22. The Hall–Kier alpha value is -1.49. The van der Waals surface area contributed by atoms with Crippen LogP contribution in [0.2, 0.25) is 0 Å². The molecule has 2 rings (SSSR count). The number of hydrogen-bond donors (Lipinski definition) is 1. The molecule has 0 aromatic heterocycles. The van der Waals surface area contributed by atoms with E-state index in [0.29, 0.717) is 12.0 Å². The van der Waals surface area contributed by atoms with Gasteiger partial charge in [0.15, 0.2) is 16.6 Å². The predicted octanol–water partition coefficient (Wildman–Crippen LogP) is 3.63. The van der Waals surface area contributed by atoms with Gasteiger partial charge in [0, 0.05) is 19.6 Å². The minimum absolute atomic E-state index is 0.523. The first-order chi connectivity index (χ1) is 11.5. The summed E-state index contributed by atoms with van der Waals surface area (Å²) in [5.74, 6) is 2.24. The van der Waals surface area contributed by atoms with Crippen LogP contribution >= 0.6 is 12.2 Å². The van der Waals surface area contributed by atoms with Crippen molar-refractivity contribution in [1.82, 2.24) is 10.2 Å². The highest BCUT2D eigenvalue weighted by Crippen LogP contribution is 2.28. The molecule has 2 atom stereocenters. The Balaban J connectivity index is 1.85. The molecule has 0 bridgehead atoms. The van der Waals surface area contributed by atoms with Crippen LogP contribution in [0.15, 0.2) is 18.2 Å². The molecular formula is C19H30N2O2S. The van der Waals surface area contributed by atoms with E-state index in [-0.39, 0.29) is 0 Å². The molecule has 1 aliphatic rings. The summed E-state index contributed by atoms with van der Waals surface area (Å²) >= 11 is 5.58. The maximum atomic E-state index is 5.58. The Labute approximate surface area is 151 Å². The topological polar surface area (TPSA) is 33.7 Å². The molecule has 0 unspecified atom stereocenters. The third-order valence-corrected chi connectivity index (χ3v) is 5.38. The van der Waals surface area contributed by atoms with Crippen LogP contribution in [-0.2, 0) is 6.42 Å². The molecule has 0 heterocycles. The van der Waals surface area contributed by atoms with E-state index in [0.717, 1.165) is 29.6 Å². The molecule has 24 heavy (non-hydrogen) atoms. The lowest BCUT2D eigenvalue weighted by molar-refractivity contribution is 0.301. The fourth-order valence-electron chi connectivity index (χ4n) is 3.23. The van der Waals surface area contributed by atoms with Crippen LogP contribution in [0.5, 0.6) is 11.5 Å². The van der Waals surface area contributed by atoms with Crippen LogP contribution in [0.25, 0.3) is 0 Å². The maximum Gasteiger partial charge on any atom is 0.168 e. The lowest BCUT2D eigenvalue weighted by Gasteiger charge is -2.33. The van der Waals surface area contributed by atoms with Crippen molar-refractivity contribution >= 4 is 17.3 Å². The van der Waals surface area contributed by atoms with Gasteiger partial charge in [-0.15, -0.1) is 0 Å². The molecule has 134 valence electrons. The van der Waals surface area contributed by atoms with Gasteiger partial charge in [-0.2, -0.15) is 0 Å². The second-order valence-electron chi connectivity index (χ2n) is 6.68. The molecule has 1 fully saturated rings. The van der Waals surface area contributed by atoms with E-state index >= 15 is 0 Å². The first-order valence-electron chi connectivity index (χ1n) is 8.77. The van der Waals surface area contributed by atoms with Crippen LogP contribution < -0.4 is 14.8 Å². The SMILES string of the molecule is COc1ccc(CCN(C)C(=S)N[C@@H]2CCCC[C@@H]2C)cc1OC. The van der Waals surface area contributed by atoms with E-state index in [2.05, 4.69) is 30.3 Å². The van der Waals surface area contributed by atoms with Crippen LogP contribution in [-0.4, -0.2) is 43.9 Å². The van der Waals surface area contributed by atoms with E-state index in [1.165, 1.54) is 31.2 Å². The quantitative estimate of drug-likeness (QED) is 0.793. The summed E-state index contributed by atoms with van der Waals surface area (Å²) in [7, 11) is 5.38. The van der Waals surface area contributed by atoms with Crippen LogP contribution in [0.3, 0.4) is 0 Å². The van der Waals surface area contributed by atoms with Crippen molar-refractivity contribution in [2.24, 2.45) is 5.92 Å². The molecule has 0 spiro atoms. The first kappa shape index (κ1) is 18.8. The standard InChI is InChI=1S/C19H30N2O2S/c1-14-7-5-6-8-16(14)20-19(24)21(2)12-11-15-9-10-17(22-3)18(13-15)23-4/h9-10,13-14,16H,5-8,11-12H2,1-4H3,(H,20,24)/t14-,16+/m0/s1. The van der Waals surface area contributed by atoms with Gasteiger partial charge in [-0.3, -0.25) is 0 Å². The van der Waals surface area contributed by atoms with Crippen molar-refractivity contribution in [2.75, 3.05) is 27.8 Å². The second kappa shape index (κ2) is 9.11. The number of nitrogens with one attached hydrogen (secondary N) is 1. The molecular weight excluding hydrogens is 320 g/mol. The van der Waals surface area contributed by atoms with Gasteiger partial charge in [0.05, 0.1) is 14.2 Å². The summed E-state index contributed by atoms with van der Waals surface area (Å²) in [5, 5.41) is 4.41. The Morgan fingerprint density at radius 1 is 1.21 bits per heavy atom. The number of rotatable bonds is 6. The van der Waals surface area contributed by atoms with E-state index in [4.69, 9.17) is 21.7 Å². The zero-order valence-electron chi connectivity index (χ0n) is 15.3. The summed E-state index contributed by atoms with van der Waals surface area (Å²) in [6.45, 7) is 3.20. The van der Waals surface area contributed by atoms with Crippen molar-refractivity contribution in [1.29, 1.82) is 0 Å². The Morgan fingerprint density at radius 2 is 1.92 bits per heavy atom. The molecule has 5 heteroatoms. The van der Waals surface area contributed by atoms with Gasteiger partial charge >= 0.3 is 0 Å². The number of methoxy groups -OCH3 is 2. The lowest BCUT2D eigenvalue weighted by Crippen LogP contribution is -2.47. The zero-order chi connectivity index (χ0) is 17.5. The Bertz CT molecular complexity index is 550. The second-order valence-corrected chi connectivity index (χ2v) is 7.07. The zero-order valence-corrected chi connectivity index (χ0v) is 16.1. The fraction of sp³-hybridized carbons (Fsp3) is 0.632.